The second-order valence-electron chi connectivity index (χ2n) is 6.40. The minimum atomic E-state index is -0.218. The number of rotatable bonds is 8. The molecule has 0 saturated heterocycles. The van der Waals surface area contributed by atoms with Crippen molar-refractivity contribution in [3.63, 3.8) is 0 Å². The Morgan fingerprint density at radius 1 is 1.10 bits per heavy atom. The van der Waals surface area contributed by atoms with E-state index >= 15 is 0 Å². The smallest absolute Gasteiger partial charge is 0.250 e. The standard InChI is InChI=1S/C21H24N4O4S/c1-13(14-6-9-18(28-4)19(10-14)29-5)23-24-20(26)12-30-21-22-16-11-15(27-3)7-8-17(16)25(21)2/h6-11H,12H2,1-5H3,(H,24,26). The Morgan fingerprint density at radius 3 is 2.57 bits per heavy atom. The summed E-state index contributed by atoms with van der Waals surface area (Å²) < 4.78 is 17.7. The molecule has 1 N–H and O–H groups in total. The van der Waals surface area contributed by atoms with E-state index < -0.39 is 0 Å². The van der Waals surface area contributed by atoms with Crippen LogP contribution in [0, 0.1) is 0 Å². The number of thioether (sulfide) groups is 1. The first kappa shape index (κ1) is 21.5. The van der Waals surface area contributed by atoms with E-state index in [2.05, 4.69) is 15.5 Å². The first-order chi connectivity index (χ1) is 14.5. The Balaban J connectivity index is 1.63. The van der Waals surface area contributed by atoms with Gasteiger partial charge >= 0.3 is 0 Å². The third-order valence-corrected chi connectivity index (χ3v) is 5.56. The van der Waals surface area contributed by atoms with Gasteiger partial charge in [0.25, 0.3) is 5.91 Å². The first-order valence-corrected chi connectivity index (χ1v) is 10.1. The number of hydrogen-bond acceptors (Lipinski definition) is 7. The summed E-state index contributed by atoms with van der Waals surface area (Å²) in [6, 6.07) is 11.2. The fourth-order valence-electron chi connectivity index (χ4n) is 2.85. The highest BCUT2D eigenvalue weighted by atomic mass is 32.2. The molecule has 0 radical (unpaired) electrons. The number of ether oxygens (including phenoxy) is 3. The van der Waals surface area contributed by atoms with Gasteiger partial charge in [0.2, 0.25) is 0 Å². The number of nitrogens with zero attached hydrogens (tertiary/aromatic N) is 3. The number of amides is 1. The van der Waals surface area contributed by atoms with Gasteiger partial charge in [0.15, 0.2) is 16.7 Å². The molecule has 1 amide bonds. The van der Waals surface area contributed by atoms with Crippen LogP contribution in [0.5, 0.6) is 17.2 Å². The number of methoxy groups -OCH3 is 3. The maximum absolute atomic E-state index is 12.3. The van der Waals surface area contributed by atoms with Gasteiger partial charge in [0.1, 0.15) is 5.75 Å². The predicted octanol–water partition coefficient (Wildman–Crippen LogP) is 3.23. The van der Waals surface area contributed by atoms with Crippen molar-refractivity contribution in [2.24, 2.45) is 12.1 Å². The van der Waals surface area contributed by atoms with Crippen molar-refractivity contribution in [2.45, 2.75) is 12.1 Å². The van der Waals surface area contributed by atoms with Gasteiger partial charge in [0, 0.05) is 18.7 Å². The zero-order valence-electron chi connectivity index (χ0n) is 17.6. The molecule has 3 aromatic rings. The van der Waals surface area contributed by atoms with E-state index in [0.29, 0.717) is 17.2 Å². The molecule has 8 nitrogen and oxygen atoms in total. The number of carbonyl (C=O) groups excluding carboxylic acids is 1. The number of hydrogen-bond donors (Lipinski definition) is 1. The molecule has 0 aliphatic heterocycles. The lowest BCUT2D eigenvalue weighted by molar-refractivity contribution is -0.118. The average Bonchev–Trinajstić information content (AvgIpc) is 3.10. The molecule has 0 saturated carbocycles. The molecule has 158 valence electrons. The van der Waals surface area contributed by atoms with Gasteiger partial charge in [0.05, 0.1) is 43.8 Å². The fraction of sp³-hybridized carbons (Fsp3) is 0.286. The largest absolute Gasteiger partial charge is 0.497 e. The molecule has 0 aliphatic rings. The van der Waals surface area contributed by atoms with Gasteiger partial charge in [-0.1, -0.05) is 11.8 Å². The molecule has 0 unspecified atom stereocenters. The van der Waals surface area contributed by atoms with Gasteiger partial charge < -0.3 is 18.8 Å². The van der Waals surface area contributed by atoms with Gasteiger partial charge in [-0.3, -0.25) is 4.79 Å². The van der Waals surface area contributed by atoms with Crippen molar-refractivity contribution >= 4 is 34.4 Å². The van der Waals surface area contributed by atoms with Crippen LogP contribution in [0.1, 0.15) is 12.5 Å². The summed E-state index contributed by atoms with van der Waals surface area (Å²) in [5.41, 5.74) is 5.86. The molecule has 0 atom stereocenters. The van der Waals surface area contributed by atoms with Crippen molar-refractivity contribution in [2.75, 3.05) is 27.1 Å². The third kappa shape index (κ3) is 4.68. The molecule has 9 heteroatoms. The van der Waals surface area contributed by atoms with Gasteiger partial charge in [-0.05, 0) is 37.3 Å². The number of hydrazone groups is 1. The lowest BCUT2D eigenvalue weighted by atomic mass is 10.1. The van der Waals surface area contributed by atoms with Crippen LogP contribution in [0.2, 0.25) is 0 Å². The lowest BCUT2D eigenvalue weighted by Gasteiger charge is -2.09. The molecular weight excluding hydrogens is 404 g/mol. The van der Waals surface area contributed by atoms with Crippen LogP contribution < -0.4 is 19.6 Å². The molecule has 2 aromatic carbocycles. The van der Waals surface area contributed by atoms with Crippen LogP contribution in [0.4, 0.5) is 0 Å². The zero-order valence-corrected chi connectivity index (χ0v) is 18.4. The monoisotopic (exact) mass is 428 g/mol. The summed E-state index contributed by atoms with van der Waals surface area (Å²) in [4.78, 5) is 16.8. The van der Waals surface area contributed by atoms with Crippen molar-refractivity contribution in [1.82, 2.24) is 15.0 Å². The number of aromatic nitrogens is 2. The zero-order chi connectivity index (χ0) is 21.7. The molecule has 3 rings (SSSR count). The van der Waals surface area contributed by atoms with E-state index in [4.69, 9.17) is 14.2 Å². The van der Waals surface area contributed by atoms with Gasteiger partial charge in [-0.15, -0.1) is 0 Å². The van der Waals surface area contributed by atoms with E-state index in [9.17, 15) is 4.79 Å². The van der Waals surface area contributed by atoms with Crippen molar-refractivity contribution < 1.29 is 19.0 Å². The molecule has 0 bridgehead atoms. The minimum Gasteiger partial charge on any atom is -0.497 e. The second kappa shape index (κ2) is 9.53. The van der Waals surface area contributed by atoms with Crippen LogP contribution in [-0.4, -0.2) is 48.3 Å². The number of fused-ring (bicyclic) bond motifs is 1. The molecule has 1 heterocycles. The normalized spacial score (nSPS) is 11.4. The Bertz CT molecular complexity index is 1090. The van der Waals surface area contributed by atoms with Crippen LogP contribution in [0.3, 0.4) is 0 Å². The van der Waals surface area contributed by atoms with Crippen LogP contribution in [0.15, 0.2) is 46.7 Å². The Kier molecular flexibility index (Phi) is 6.83. The van der Waals surface area contributed by atoms with E-state index in [1.54, 1.807) is 27.4 Å². The molecule has 0 spiro atoms. The first-order valence-electron chi connectivity index (χ1n) is 9.15. The maximum Gasteiger partial charge on any atom is 0.250 e. The lowest BCUT2D eigenvalue weighted by Crippen LogP contribution is -2.21. The SMILES string of the molecule is COc1ccc2c(c1)nc(SCC(=O)NN=C(C)c1ccc(OC)c(OC)c1)n2C. The maximum atomic E-state index is 12.3. The van der Waals surface area contributed by atoms with Crippen molar-refractivity contribution in [1.29, 1.82) is 0 Å². The van der Waals surface area contributed by atoms with Gasteiger partial charge in [-0.2, -0.15) is 5.10 Å². The van der Waals surface area contributed by atoms with Crippen molar-refractivity contribution in [3.8, 4) is 17.2 Å². The predicted molar refractivity (Wildman–Crippen MR) is 118 cm³/mol. The summed E-state index contributed by atoms with van der Waals surface area (Å²) >= 11 is 1.35. The molecule has 0 aliphatic carbocycles. The number of aryl methyl sites for hydroxylation is 1. The molecule has 0 fully saturated rings. The number of carbonyl (C=O) groups is 1. The Morgan fingerprint density at radius 2 is 1.87 bits per heavy atom. The highest BCUT2D eigenvalue weighted by Crippen LogP contribution is 2.28. The van der Waals surface area contributed by atoms with E-state index in [1.807, 2.05) is 48.9 Å². The minimum absolute atomic E-state index is 0.191. The number of nitrogens with one attached hydrogen (secondary N) is 1. The molecule has 1 aromatic heterocycles. The van der Waals surface area contributed by atoms with E-state index in [-0.39, 0.29) is 11.7 Å². The third-order valence-electron chi connectivity index (χ3n) is 4.53. The fourth-order valence-corrected chi connectivity index (χ4v) is 3.63. The quantitative estimate of drug-likeness (QED) is 0.337. The number of imidazole rings is 1. The highest BCUT2D eigenvalue weighted by molar-refractivity contribution is 7.99. The Labute approximate surface area is 179 Å². The highest BCUT2D eigenvalue weighted by Gasteiger charge is 2.12. The van der Waals surface area contributed by atoms with E-state index in [1.165, 1.54) is 11.8 Å². The molecule has 30 heavy (non-hydrogen) atoms. The molecular formula is C21H24N4O4S. The summed E-state index contributed by atoms with van der Waals surface area (Å²) in [7, 11) is 6.69. The summed E-state index contributed by atoms with van der Waals surface area (Å²) in [5.74, 6) is 1.95. The summed E-state index contributed by atoms with van der Waals surface area (Å²) in [6.45, 7) is 1.81. The average molecular weight is 429 g/mol. The second-order valence-corrected chi connectivity index (χ2v) is 7.34. The van der Waals surface area contributed by atoms with Crippen molar-refractivity contribution in [3.05, 3.63) is 42.0 Å². The van der Waals surface area contributed by atoms with Crippen LogP contribution in [0.25, 0.3) is 11.0 Å². The Hall–Kier alpha value is -3.20. The van der Waals surface area contributed by atoms with Gasteiger partial charge in [-0.25, -0.2) is 10.4 Å². The van der Waals surface area contributed by atoms with Crippen LogP contribution >= 0.6 is 11.8 Å². The topological polar surface area (TPSA) is 87.0 Å². The number of benzene rings is 2. The van der Waals surface area contributed by atoms with E-state index in [0.717, 1.165) is 27.5 Å². The summed E-state index contributed by atoms with van der Waals surface area (Å²) in [6.07, 6.45) is 0. The van der Waals surface area contributed by atoms with Crippen LogP contribution in [-0.2, 0) is 11.8 Å². The summed E-state index contributed by atoms with van der Waals surface area (Å²) in [5, 5.41) is 4.93.